The number of hydrogen-bond acceptors (Lipinski definition) is 8. The van der Waals surface area contributed by atoms with E-state index in [0.29, 0.717) is 17.1 Å². The monoisotopic (exact) mass is 402 g/mol. The predicted molar refractivity (Wildman–Crippen MR) is 107 cm³/mol. The highest BCUT2D eigenvalue weighted by Gasteiger charge is 2.28. The van der Waals surface area contributed by atoms with Crippen LogP contribution in [0.4, 0.5) is 10.8 Å². The number of hydrogen-bond donors (Lipinski definition) is 1. The zero-order chi connectivity index (χ0) is 18.8. The second-order valence-corrected chi connectivity index (χ2v) is 8.13. The van der Waals surface area contributed by atoms with E-state index in [4.69, 9.17) is 4.74 Å². The summed E-state index contributed by atoms with van der Waals surface area (Å²) >= 11 is 2.80. The van der Waals surface area contributed by atoms with Gasteiger partial charge < -0.3 is 15.0 Å². The third-order valence-corrected chi connectivity index (χ3v) is 6.45. The van der Waals surface area contributed by atoms with Gasteiger partial charge in [0.1, 0.15) is 15.2 Å². The van der Waals surface area contributed by atoms with Crippen molar-refractivity contribution in [2.45, 2.75) is 12.8 Å². The lowest BCUT2D eigenvalue weighted by molar-refractivity contribution is -0.120. The normalized spacial score (nSPS) is 17.1. The topological polar surface area (TPSA) is 84.4 Å². The molecule has 0 radical (unpaired) electrons. The molecular weight excluding hydrogens is 384 g/mol. The molecule has 4 rings (SSSR count). The number of carbonyl (C=O) groups is 2. The van der Waals surface area contributed by atoms with Crippen molar-refractivity contribution in [2.24, 2.45) is 5.92 Å². The van der Waals surface area contributed by atoms with Crippen LogP contribution in [0.2, 0.25) is 0 Å². The van der Waals surface area contributed by atoms with Crippen molar-refractivity contribution < 1.29 is 14.3 Å². The number of methoxy groups -OCH3 is 1. The first-order valence-electron chi connectivity index (χ1n) is 8.59. The molecule has 1 saturated heterocycles. The smallest absolute Gasteiger partial charge is 0.350 e. The first-order valence-corrected chi connectivity index (χ1v) is 10.3. The number of pyridine rings is 1. The molecule has 0 aliphatic carbocycles. The summed E-state index contributed by atoms with van der Waals surface area (Å²) in [5.74, 6) is -0.681. The fourth-order valence-electron chi connectivity index (χ4n) is 3.15. The van der Waals surface area contributed by atoms with Gasteiger partial charge in [-0.15, -0.1) is 11.3 Å². The molecule has 1 N–H and O–H groups in total. The van der Waals surface area contributed by atoms with Crippen molar-refractivity contribution >= 4 is 55.7 Å². The lowest BCUT2D eigenvalue weighted by Gasteiger charge is -2.31. The molecule has 1 aliphatic rings. The summed E-state index contributed by atoms with van der Waals surface area (Å²) in [7, 11) is 1.33. The van der Waals surface area contributed by atoms with Crippen LogP contribution in [0.5, 0.6) is 0 Å². The standard InChI is InChI=1S/C18H18N4O3S2/c1-25-17(24)14-12(6-9-26-14)20-15(23)11-4-3-8-22(10-11)18-21-13-5-2-7-19-16(13)27-18/h2,5-7,9,11H,3-4,8,10H2,1H3,(H,20,23)/t11-/m1/s1. The molecule has 9 heteroatoms. The van der Waals surface area contributed by atoms with Crippen molar-refractivity contribution in [1.82, 2.24) is 9.97 Å². The van der Waals surface area contributed by atoms with Crippen LogP contribution in [0.3, 0.4) is 0 Å². The number of esters is 1. The van der Waals surface area contributed by atoms with Crippen LogP contribution >= 0.6 is 22.7 Å². The average Bonchev–Trinajstić information content (AvgIpc) is 3.34. The second kappa shape index (κ2) is 7.61. The maximum Gasteiger partial charge on any atom is 0.350 e. The fraction of sp³-hybridized carbons (Fsp3) is 0.333. The molecule has 27 heavy (non-hydrogen) atoms. The minimum Gasteiger partial charge on any atom is -0.465 e. The number of nitrogens with one attached hydrogen (secondary N) is 1. The number of amides is 1. The Labute approximate surface area is 164 Å². The lowest BCUT2D eigenvalue weighted by Crippen LogP contribution is -2.40. The van der Waals surface area contributed by atoms with E-state index in [0.717, 1.165) is 34.9 Å². The minimum atomic E-state index is -0.437. The Morgan fingerprint density at radius 1 is 1.37 bits per heavy atom. The SMILES string of the molecule is COC(=O)c1sccc1NC(=O)[C@@H]1CCCN(c2nc3cccnc3s2)C1. The molecule has 3 aromatic rings. The molecule has 4 heterocycles. The first kappa shape index (κ1) is 17.9. The van der Waals surface area contributed by atoms with Gasteiger partial charge in [0.25, 0.3) is 0 Å². The molecule has 1 amide bonds. The number of thiophene rings is 1. The van der Waals surface area contributed by atoms with Crippen molar-refractivity contribution in [2.75, 3.05) is 30.4 Å². The molecule has 1 aliphatic heterocycles. The maximum atomic E-state index is 12.8. The molecule has 0 aromatic carbocycles. The summed E-state index contributed by atoms with van der Waals surface area (Å²) in [5, 5.41) is 5.55. The summed E-state index contributed by atoms with van der Waals surface area (Å²) in [5.41, 5.74) is 1.39. The van der Waals surface area contributed by atoms with E-state index in [2.05, 4.69) is 20.2 Å². The van der Waals surface area contributed by atoms with Crippen LogP contribution in [0.25, 0.3) is 10.3 Å². The quantitative estimate of drug-likeness (QED) is 0.674. The fourth-order valence-corrected chi connectivity index (χ4v) is 4.86. The number of rotatable bonds is 4. The molecule has 0 saturated carbocycles. The lowest BCUT2D eigenvalue weighted by atomic mass is 9.97. The van der Waals surface area contributed by atoms with E-state index in [-0.39, 0.29) is 11.8 Å². The number of piperidine rings is 1. The maximum absolute atomic E-state index is 12.8. The number of fused-ring (bicyclic) bond motifs is 1. The van der Waals surface area contributed by atoms with Crippen LogP contribution in [0.1, 0.15) is 22.5 Å². The molecule has 0 spiro atoms. The highest BCUT2D eigenvalue weighted by atomic mass is 32.1. The summed E-state index contributed by atoms with van der Waals surface area (Å²) < 4.78 is 4.77. The predicted octanol–water partition coefficient (Wildman–Crippen LogP) is 3.39. The van der Waals surface area contributed by atoms with Gasteiger partial charge in [-0.3, -0.25) is 4.79 Å². The number of anilines is 2. The molecule has 1 atom stereocenters. The molecule has 0 unspecified atom stereocenters. The average molecular weight is 403 g/mol. The van der Waals surface area contributed by atoms with Crippen LogP contribution in [-0.2, 0) is 9.53 Å². The van der Waals surface area contributed by atoms with Gasteiger partial charge in [0, 0.05) is 19.3 Å². The summed E-state index contributed by atoms with van der Waals surface area (Å²) in [6.07, 6.45) is 3.48. The van der Waals surface area contributed by atoms with Crippen molar-refractivity contribution in [3.05, 3.63) is 34.7 Å². The van der Waals surface area contributed by atoms with Crippen LogP contribution in [0.15, 0.2) is 29.8 Å². The summed E-state index contributed by atoms with van der Waals surface area (Å²) in [4.78, 5) is 37.0. The van der Waals surface area contributed by atoms with Gasteiger partial charge >= 0.3 is 5.97 Å². The number of ether oxygens (including phenoxy) is 1. The molecule has 1 fully saturated rings. The van der Waals surface area contributed by atoms with E-state index in [9.17, 15) is 9.59 Å². The Morgan fingerprint density at radius 2 is 2.26 bits per heavy atom. The van der Waals surface area contributed by atoms with E-state index >= 15 is 0 Å². The van der Waals surface area contributed by atoms with Crippen molar-refractivity contribution in [3.8, 4) is 0 Å². The van der Waals surface area contributed by atoms with E-state index in [1.165, 1.54) is 18.4 Å². The van der Waals surface area contributed by atoms with E-state index in [1.807, 2.05) is 12.1 Å². The Morgan fingerprint density at radius 3 is 3.07 bits per heavy atom. The van der Waals surface area contributed by atoms with Gasteiger partial charge in [-0.25, -0.2) is 14.8 Å². The highest BCUT2D eigenvalue weighted by molar-refractivity contribution is 7.21. The Kier molecular flexibility index (Phi) is 5.04. The van der Waals surface area contributed by atoms with Crippen molar-refractivity contribution in [1.29, 1.82) is 0 Å². The number of aromatic nitrogens is 2. The Hall–Kier alpha value is -2.52. The van der Waals surface area contributed by atoms with Gasteiger partial charge in [0.15, 0.2) is 5.13 Å². The second-order valence-electron chi connectivity index (χ2n) is 6.25. The minimum absolute atomic E-state index is 0.0810. The molecule has 7 nitrogen and oxygen atoms in total. The van der Waals surface area contributed by atoms with Gasteiger partial charge in [-0.05, 0) is 36.4 Å². The molecule has 3 aromatic heterocycles. The zero-order valence-electron chi connectivity index (χ0n) is 14.7. The number of nitrogens with zero attached hydrogens (tertiary/aromatic N) is 3. The van der Waals surface area contributed by atoms with Gasteiger partial charge in [-0.1, -0.05) is 11.3 Å². The zero-order valence-corrected chi connectivity index (χ0v) is 16.3. The number of thiazole rings is 1. The third kappa shape index (κ3) is 3.65. The Balaban J connectivity index is 1.47. The van der Waals surface area contributed by atoms with Gasteiger partial charge in [0.05, 0.1) is 18.7 Å². The highest BCUT2D eigenvalue weighted by Crippen LogP contribution is 2.31. The Bertz CT molecular complexity index is 951. The summed E-state index contributed by atoms with van der Waals surface area (Å²) in [6.45, 7) is 1.47. The van der Waals surface area contributed by atoms with Crippen LogP contribution in [0, 0.1) is 5.92 Å². The summed E-state index contributed by atoms with van der Waals surface area (Å²) in [6, 6.07) is 5.55. The molecule has 0 bridgehead atoms. The van der Waals surface area contributed by atoms with Crippen LogP contribution in [-0.4, -0.2) is 42.0 Å². The third-order valence-electron chi connectivity index (χ3n) is 4.51. The van der Waals surface area contributed by atoms with Gasteiger partial charge in [0.2, 0.25) is 5.91 Å². The van der Waals surface area contributed by atoms with E-state index in [1.54, 1.807) is 29.0 Å². The van der Waals surface area contributed by atoms with Crippen LogP contribution < -0.4 is 10.2 Å². The molecular formula is C18H18N4O3S2. The van der Waals surface area contributed by atoms with E-state index < -0.39 is 5.97 Å². The largest absolute Gasteiger partial charge is 0.465 e. The van der Waals surface area contributed by atoms with Crippen molar-refractivity contribution in [3.63, 3.8) is 0 Å². The molecule has 140 valence electrons. The number of carbonyl (C=O) groups excluding carboxylic acids is 2. The first-order chi connectivity index (χ1) is 13.2. The van der Waals surface area contributed by atoms with Gasteiger partial charge in [-0.2, -0.15) is 0 Å².